The fraction of sp³-hybridized carbons (Fsp3) is 0.308. The van der Waals surface area contributed by atoms with Crippen LogP contribution in [0.15, 0.2) is 28.9 Å². The maximum absolute atomic E-state index is 5.18. The van der Waals surface area contributed by atoms with E-state index < -0.39 is 0 Å². The van der Waals surface area contributed by atoms with Crippen LogP contribution in [0.4, 0.5) is 0 Å². The molecule has 0 spiro atoms. The first kappa shape index (κ1) is 10.8. The molecule has 1 N–H and O–H groups in total. The summed E-state index contributed by atoms with van der Waals surface area (Å²) >= 11 is 3.56. The third-order valence-corrected chi connectivity index (χ3v) is 3.68. The van der Waals surface area contributed by atoms with E-state index in [1.165, 1.54) is 12.8 Å². The molecule has 0 atom stereocenters. The highest BCUT2D eigenvalue weighted by molar-refractivity contribution is 9.10. The van der Waals surface area contributed by atoms with Gasteiger partial charge in [-0.1, -0.05) is 0 Å². The number of hydrogen-bond donors (Lipinski definition) is 1. The van der Waals surface area contributed by atoms with Crippen molar-refractivity contribution in [3.8, 4) is 17.0 Å². The van der Waals surface area contributed by atoms with E-state index in [9.17, 15) is 0 Å². The van der Waals surface area contributed by atoms with Crippen LogP contribution >= 0.6 is 15.9 Å². The van der Waals surface area contributed by atoms with Gasteiger partial charge in [0.1, 0.15) is 11.6 Å². The number of ether oxygens (including phenoxy) is 1. The molecule has 0 unspecified atom stereocenters. The Kier molecular flexibility index (Phi) is 2.67. The van der Waals surface area contributed by atoms with Crippen LogP contribution in [-0.4, -0.2) is 17.1 Å². The molecule has 1 heterocycles. The average Bonchev–Trinajstić information content (AvgIpc) is 3.08. The summed E-state index contributed by atoms with van der Waals surface area (Å²) in [5, 5.41) is 0. The minimum Gasteiger partial charge on any atom is -0.497 e. The van der Waals surface area contributed by atoms with Gasteiger partial charge in [0, 0.05) is 16.0 Å². The number of nitrogens with zero attached hydrogens (tertiary/aromatic N) is 1. The maximum Gasteiger partial charge on any atom is 0.120 e. The topological polar surface area (TPSA) is 37.9 Å². The summed E-state index contributed by atoms with van der Waals surface area (Å²) in [6, 6.07) is 5.96. The third-order valence-electron chi connectivity index (χ3n) is 3.03. The zero-order valence-electron chi connectivity index (χ0n) is 9.53. The molecule has 1 fully saturated rings. The Morgan fingerprint density at radius 2 is 2.24 bits per heavy atom. The number of aromatic amines is 1. The second kappa shape index (κ2) is 4.18. The largest absolute Gasteiger partial charge is 0.497 e. The second-order valence-corrected chi connectivity index (χ2v) is 5.16. The number of benzene rings is 1. The van der Waals surface area contributed by atoms with E-state index in [4.69, 9.17) is 4.74 Å². The molecule has 88 valence electrons. The number of aromatic nitrogens is 2. The lowest BCUT2D eigenvalue weighted by Gasteiger charge is -2.04. The van der Waals surface area contributed by atoms with Crippen LogP contribution in [0.1, 0.15) is 24.6 Å². The van der Waals surface area contributed by atoms with Gasteiger partial charge in [-0.25, -0.2) is 4.98 Å². The Morgan fingerprint density at radius 3 is 2.88 bits per heavy atom. The summed E-state index contributed by atoms with van der Waals surface area (Å²) in [4.78, 5) is 7.82. The van der Waals surface area contributed by atoms with Gasteiger partial charge in [0.15, 0.2) is 0 Å². The number of methoxy groups -OCH3 is 1. The summed E-state index contributed by atoms with van der Waals surface area (Å²) in [7, 11) is 1.67. The SMILES string of the molecule is COc1ccc(-c2cnc(C3CC3)[nH]2)c(Br)c1. The van der Waals surface area contributed by atoms with Crippen molar-refractivity contribution < 1.29 is 4.74 Å². The van der Waals surface area contributed by atoms with Crippen molar-refractivity contribution in [1.29, 1.82) is 0 Å². The smallest absolute Gasteiger partial charge is 0.120 e. The molecule has 1 aromatic carbocycles. The molecule has 0 saturated heterocycles. The number of halogens is 1. The fourth-order valence-corrected chi connectivity index (χ4v) is 2.45. The second-order valence-electron chi connectivity index (χ2n) is 4.30. The number of nitrogens with one attached hydrogen (secondary N) is 1. The number of hydrogen-bond acceptors (Lipinski definition) is 2. The van der Waals surface area contributed by atoms with E-state index in [1.54, 1.807) is 7.11 Å². The fourth-order valence-electron chi connectivity index (χ4n) is 1.88. The van der Waals surface area contributed by atoms with Crippen LogP contribution in [0.5, 0.6) is 5.75 Å². The van der Waals surface area contributed by atoms with Crippen molar-refractivity contribution in [2.45, 2.75) is 18.8 Å². The van der Waals surface area contributed by atoms with Gasteiger partial charge in [-0.3, -0.25) is 0 Å². The first-order valence-corrected chi connectivity index (χ1v) is 6.46. The summed E-state index contributed by atoms with van der Waals surface area (Å²) in [6.07, 6.45) is 4.42. The predicted octanol–water partition coefficient (Wildman–Crippen LogP) is 3.73. The highest BCUT2D eigenvalue weighted by atomic mass is 79.9. The van der Waals surface area contributed by atoms with Crippen LogP contribution < -0.4 is 4.74 Å². The van der Waals surface area contributed by atoms with E-state index in [-0.39, 0.29) is 0 Å². The molecule has 3 nitrogen and oxygen atoms in total. The minimum absolute atomic E-state index is 0.653. The molecular formula is C13H13BrN2O. The van der Waals surface area contributed by atoms with Gasteiger partial charge < -0.3 is 9.72 Å². The molecule has 4 heteroatoms. The van der Waals surface area contributed by atoms with Gasteiger partial charge in [-0.05, 0) is 47.0 Å². The molecule has 1 saturated carbocycles. The van der Waals surface area contributed by atoms with Crippen LogP contribution in [0.3, 0.4) is 0 Å². The van der Waals surface area contributed by atoms with Crippen LogP contribution in [0, 0.1) is 0 Å². The number of imidazole rings is 1. The highest BCUT2D eigenvalue weighted by Gasteiger charge is 2.26. The highest BCUT2D eigenvalue weighted by Crippen LogP contribution is 2.39. The van der Waals surface area contributed by atoms with Gasteiger partial charge in [-0.2, -0.15) is 0 Å². The first-order chi connectivity index (χ1) is 8.28. The minimum atomic E-state index is 0.653. The molecule has 0 bridgehead atoms. The van der Waals surface area contributed by atoms with E-state index in [2.05, 4.69) is 25.9 Å². The van der Waals surface area contributed by atoms with Gasteiger partial charge in [0.2, 0.25) is 0 Å². The van der Waals surface area contributed by atoms with Gasteiger partial charge in [0.05, 0.1) is 19.0 Å². The molecule has 2 aromatic rings. The van der Waals surface area contributed by atoms with E-state index >= 15 is 0 Å². The zero-order chi connectivity index (χ0) is 11.8. The standard InChI is InChI=1S/C13H13BrN2O/c1-17-9-4-5-10(11(14)6-9)12-7-15-13(16-12)8-2-3-8/h4-8H,2-3H2,1H3,(H,15,16). The van der Waals surface area contributed by atoms with Gasteiger partial charge >= 0.3 is 0 Å². The quantitative estimate of drug-likeness (QED) is 0.936. The van der Waals surface area contributed by atoms with Crippen molar-refractivity contribution >= 4 is 15.9 Å². The van der Waals surface area contributed by atoms with Crippen molar-refractivity contribution in [2.75, 3.05) is 7.11 Å². The molecule has 0 radical (unpaired) electrons. The Morgan fingerprint density at radius 1 is 1.41 bits per heavy atom. The molecule has 1 aliphatic rings. The molecular weight excluding hydrogens is 280 g/mol. The Hall–Kier alpha value is -1.29. The van der Waals surface area contributed by atoms with E-state index in [0.717, 1.165) is 27.3 Å². The van der Waals surface area contributed by atoms with E-state index in [1.807, 2.05) is 24.4 Å². The summed E-state index contributed by atoms with van der Waals surface area (Å²) < 4.78 is 6.20. The Bertz CT molecular complexity index is 546. The van der Waals surface area contributed by atoms with Crippen LogP contribution in [0.2, 0.25) is 0 Å². The monoisotopic (exact) mass is 292 g/mol. The van der Waals surface area contributed by atoms with Crippen molar-refractivity contribution in [3.05, 3.63) is 34.7 Å². The van der Waals surface area contributed by atoms with E-state index in [0.29, 0.717) is 5.92 Å². The van der Waals surface area contributed by atoms with Gasteiger partial charge in [-0.15, -0.1) is 0 Å². The summed E-state index contributed by atoms with van der Waals surface area (Å²) in [5.41, 5.74) is 2.17. The number of H-pyrrole nitrogens is 1. The molecule has 0 amide bonds. The third kappa shape index (κ3) is 2.09. The average molecular weight is 293 g/mol. The maximum atomic E-state index is 5.18. The molecule has 1 aliphatic carbocycles. The summed E-state index contributed by atoms with van der Waals surface area (Å²) in [6.45, 7) is 0. The molecule has 3 rings (SSSR count). The van der Waals surface area contributed by atoms with Crippen LogP contribution in [0.25, 0.3) is 11.3 Å². The normalized spacial score (nSPS) is 14.9. The van der Waals surface area contributed by atoms with Crippen molar-refractivity contribution in [1.82, 2.24) is 9.97 Å². The first-order valence-electron chi connectivity index (χ1n) is 5.67. The zero-order valence-corrected chi connectivity index (χ0v) is 11.1. The number of rotatable bonds is 3. The lowest BCUT2D eigenvalue weighted by atomic mass is 10.1. The Labute approximate surface area is 108 Å². The van der Waals surface area contributed by atoms with Crippen molar-refractivity contribution in [2.24, 2.45) is 0 Å². The predicted molar refractivity (Wildman–Crippen MR) is 70.3 cm³/mol. The lowest BCUT2D eigenvalue weighted by molar-refractivity contribution is 0.414. The lowest BCUT2D eigenvalue weighted by Crippen LogP contribution is -1.86. The molecule has 1 aromatic heterocycles. The molecule has 0 aliphatic heterocycles. The molecule has 17 heavy (non-hydrogen) atoms. The Balaban J connectivity index is 1.96. The van der Waals surface area contributed by atoms with Crippen molar-refractivity contribution in [3.63, 3.8) is 0 Å². The van der Waals surface area contributed by atoms with Gasteiger partial charge in [0.25, 0.3) is 0 Å². The summed E-state index contributed by atoms with van der Waals surface area (Å²) in [5.74, 6) is 2.62. The van der Waals surface area contributed by atoms with Crippen LogP contribution in [-0.2, 0) is 0 Å².